The molecule has 2 aromatic carbocycles. The minimum atomic E-state index is -0.567. The van der Waals surface area contributed by atoms with E-state index >= 15 is 0 Å². The molecule has 4 aromatic rings. The summed E-state index contributed by atoms with van der Waals surface area (Å²) in [6.07, 6.45) is 2.92. The molecule has 1 N–H and O–H groups in total. The van der Waals surface area contributed by atoms with E-state index in [2.05, 4.69) is 28.9 Å². The third-order valence-corrected chi connectivity index (χ3v) is 6.54. The van der Waals surface area contributed by atoms with Crippen LogP contribution in [0.5, 0.6) is 0 Å². The highest BCUT2D eigenvalue weighted by atomic mass is 16.6. The summed E-state index contributed by atoms with van der Waals surface area (Å²) in [5.74, 6) is 0.638. The van der Waals surface area contributed by atoms with Crippen LogP contribution in [0.15, 0.2) is 54.6 Å². The van der Waals surface area contributed by atoms with Gasteiger partial charge in [-0.1, -0.05) is 55.8 Å². The van der Waals surface area contributed by atoms with E-state index in [0.29, 0.717) is 17.8 Å². The molecule has 0 aliphatic heterocycles. The standard InChI is InChI=1S/C32H39N5O3/c1-8-9-14-28-34-27-19-26(35-31(39)36(6)7)21(2)33-29(27)37(28)20-22-15-17-23(18-16-22)24-12-10-11-13-25(24)30(38)40-32(3,4)5/h10-13,15-19H,8-9,14,20H2,1-7H3,(H,35,39). The molecule has 0 bridgehead atoms. The number of fused-ring (bicyclic) bond motifs is 1. The lowest BCUT2D eigenvalue weighted by atomic mass is 9.98. The molecule has 0 spiro atoms. The molecule has 8 nitrogen and oxygen atoms in total. The molecule has 0 aliphatic carbocycles. The maximum absolute atomic E-state index is 12.9. The van der Waals surface area contributed by atoms with Gasteiger partial charge in [0.1, 0.15) is 16.9 Å². The average Bonchev–Trinajstić information content (AvgIpc) is 3.22. The number of carbonyl (C=O) groups excluding carboxylic acids is 2. The summed E-state index contributed by atoms with van der Waals surface area (Å²) in [6.45, 7) is 10.3. The number of unbranched alkanes of at least 4 members (excludes halogenated alkanes) is 1. The van der Waals surface area contributed by atoms with Crippen molar-refractivity contribution in [2.45, 2.75) is 66.0 Å². The third-order valence-electron chi connectivity index (χ3n) is 6.54. The smallest absolute Gasteiger partial charge is 0.339 e. The first-order chi connectivity index (χ1) is 19.0. The van der Waals surface area contributed by atoms with Crippen LogP contribution in [0.3, 0.4) is 0 Å². The summed E-state index contributed by atoms with van der Waals surface area (Å²) < 4.78 is 7.80. The van der Waals surface area contributed by atoms with Crippen molar-refractivity contribution in [3.05, 3.63) is 77.2 Å². The van der Waals surface area contributed by atoms with Gasteiger partial charge in [0.25, 0.3) is 0 Å². The predicted molar refractivity (Wildman–Crippen MR) is 160 cm³/mol. The molecular formula is C32H39N5O3. The first-order valence-corrected chi connectivity index (χ1v) is 13.7. The minimum absolute atomic E-state index is 0.205. The first kappa shape index (κ1) is 28.8. The zero-order chi connectivity index (χ0) is 29.0. The Morgan fingerprint density at radius 3 is 2.38 bits per heavy atom. The van der Waals surface area contributed by atoms with Gasteiger partial charge in [0, 0.05) is 20.5 Å². The van der Waals surface area contributed by atoms with Gasteiger partial charge in [-0.3, -0.25) is 0 Å². The van der Waals surface area contributed by atoms with Crippen molar-refractivity contribution in [1.29, 1.82) is 0 Å². The number of anilines is 1. The van der Waals surface area contributed by atoms with Crippen molar-refractivity contribution in [2.75, 3.05) is 19.4 Å². The number of nitrogens with one attached hydrogen (secondary N) is 1. The number of urea groups is 1. The molecule has 0 unspecified atom stereocenters. The van der Waals surface area contributed by atoms with Gasteiger partial charge in [0.05, 0.1) is 23.5 Å². The lowest BCUT2D eigenvalue weighted by Gasteiger charge is -2.20. The Kier molecular flexibility index (Phi) is 8.57. The fourth-order valence-electron chi connectivity index (χ4n) is 4.45. The molecule has 0 saturated heterocycles. The van der Waals surface area contributed by atoms with Crippen molar-refractivity contribution < 1.29 is 14.3 Å². The molecule has 0 saturated carbocycles. The monoisotopic (exact) mass is 541 g/mol. The van der Waals surface area contributed by atoms with Crippen molar-refractivity contribution in [1.82, 2.24) is 19.4 Å². The van der Waals surface area contributed by atoms with Crippen LogP contribution < -0.4 is 5.32 Å². The Morgan fingerprint density at radius 2 is 1.73 bits per heavy atom. The highest BCUT2D eigenvalue weighted by molar-refractivity contribution is 5.97. The Labute approximate surface area is 236 Å². The van der Waals surface area contributed by atoms with Crippen LogP contribution in [0.1, 0.15) is 68.0 Å². The normalized spacial score (nSPS) is 11.5. The summed E-state index contributed by atoms with van der Waals surface area (Å²) >= 11 is 0. The SMILES string of the molecule is CCCCc1nc2cc(NC(=O)N(C)C)c(C)nc2n1Cc1ccc(-c2ccccc2C(=O)OC(C)(C)C)cc1. The summed E-state index contributed by atoms with van der Waals surface area (Å²) in [6, 6.07) is 17.5. The van der Waals surface area contributed by atoms with Crippen LogP contribution in [-0.4, -0.2) is 51.1 Å². The number of carbonyl (C=O) groups is 2. The number of hydrogen-bond donors (Lipinski definition) is 1. The first-order valence-electron chi connectivity index (χ1n) is 13.7. The van der Waals surface area contributed by atoms with Gasteiger partial charge in [-0.05, 0) is 62.9 Å². The molecule has 2 aromatic heterocycles. The predicted octanol–water partition coefficient (Wildman–Crippen LogP) is 6.85. The quantitative estimate of drug-likeness (QED) is 0.247. The number of rotatable bonds is 8. The molecule has 40 heavy (non-hydrogen) atoms. The largest absolute Gasteiger partial charge is 0.456 e. The number of amides is 2. The maximum atomic E-state index is 12.9. The average molecular weight is 542 g/mol. The molecule has 8 heteroatoms. The number of ether oxygens (including phenoxy) is 1. The van der Waals surface area contributed by atoms with Crippen LogP contribution in [-0.2, 0) is 17.7 Å². The lowest BCUT2D eigenvalue weighted by molar-refractivity contribution is 0.00704. The third kappa shape index (κ3) is 6.68. The van der Waals surface area contributed by atoms with Crippen LogP contribution in [0.4, 0.5) is 10.5 Å². The summed E-state index contributed by atoms with van der Waals surface area (Å²) in [4.78, 5) is 36.4. The van der Waals surface area contributed by atoms with E-state index in [1.54, 1.807) is 20.2 Å². The zero-order valence-electron chi connectivity index (χ0n) is 24.5. The van der Waals surface area contributed by atoms with Crippen LogP contribution in [0.2, 0.25) is 0 Å². The van der Waals surface area contributed by atoms with Crippen LogP contribution in [0, 0.1) is 6.92 Å². The topological polar surface area (TPSA) is 89.4 Å². The number of pyridine rings is 1. The van der Waals surface area contributed by atoms with E-state index in [-0.39, 0.29) is 12.0 Å². The van der Waals surface area contributed by atoms with E-state index in [9.17, 15) is 9.59 Å². The Balaban J connectivity index is 1.65. The Morgan fingerprint density at radius 1 is 1.02 bits per heavy atom. The summed E-state index contributed by atoms with van der Waals surface area (Å²) in [5, 5.41) is 2.91. The van der Waals surface area contributed by atoms with Crippen LogP contribution >= 0.6 is 0 Å². The highest BCUT2D eigenvalue weighted by Crippen LogP contribution is 2.28. The second-order valence-electron chi connectivity index (χ2n) is 11.3. The molecule has 210 valence electrons. The summed E-state index contributed by atoms with van der Waals surface area (Å²) in [5.41, 5.74) is 5.81. The van der Waals surface area contributed by atoms with Crippen LogP contribution in [0.25, 0.3) is 22.3 Å². The van der Waals surface area contributed by atoms with Gasteiger partial charge in [0.2, 0.25) is 0 Å². The molecule has 0 atom stereocenters. The van der Waals surface area contributed by atoms with Gasteiger partial charge in [-0.15, -0.1) is 0 Å². The fraction of sp³-hybridized carbons (Fsp3) is 0.375. The molecule has 2 heterocycles. The number of nitrogens with zero attached hydrogens (tertiary/aromatic N) is 4. The Bertz CT molecular complexity index is 1510. The molecule has 2 amide bonds. The lowest BCUT2D eigenvalue weighted by Crippen LogP contribution is -2.27. The highest BCUT2D eigenvalue weighted by Gasteiger charge is 2.21. The second kappa shape index (κ2) is 11.9. The van der Waals surface area contributed by atoms with E-state index in [1.165, 1.54) is 4.90 Å². The second-order valence-corrected chi connectivity index (χ2v) is 11.3. The minimum Gasteiger partial charge on any atom is -0.456 e. The summed E-state index contributed by atoms with van der Waals surface area (Å²) in [7, 11) is 3.41. The number of imidazole rings is 1. The zero-order valence-corrected chi connectivity index (χ0v) is 24.5. The molecule has 0 fully saturated rings. The van der Waals surface area contributed by atoms with Crippen molar-refractivity contribution >= 4 is 28.9 Å². The van der Waals surface area contributed by atoms with Crippen molar-refractivity contribution in [3.63, 3.8) is 0 Å². The fourth-order valence-corrected chi connectivity index (χ4v) is 4.45. The number of benzene rings is 2. The molecule has 4 rings (SSSR count). The molecule has 0 aliphatic rings. The van der Waals surface area contributed by atoms with Gasteiger partial charge in [0.15, 0.2) is 5.65 Å². The number of esters is 1. The van der Waals surface area contributed by atoms with Crippen molar-refractivity contribution in [2.24, 2.45) is 0 Å². The maximum Gasteiger partial charge on any atom is 0.339 e. The number of hydrogen-bond acceptors (Lipinski definition) is 5. The van der Waals surface area contributed by atoms with E-state index in [1.807, 2.05) is 64.1 Å². The number of aryl methyl sites for hydroxylation is 2. The van der Waals surface area contributed by atoms with Gasteiger partial charge in [-0.2, -0.15) is 0 Å². The van der Waals surface area contributed by atoms with Gasteiger partial charge in [-0.25, -0.2) is 19.6 Å². The van der Waals surface area contributed by atoms with Crippen molar-refractivity contribution in [3.8, 4) is 11.1 Å². The van der Waals surface area contributed by atoms with E-state index in [0.717, 1.165) is 58.6 Å². The molecule has 0 radical (unpaired) electrons. The Hall–Kier alpha value is -4.20. The molecular weight excluding hydrogens is 502 g/mol. The number of aromatic nitrogens is 3. The van der Waals surface area contributed by atoms with E-state index in [4.69, 9.17) is 14.7 Å². The van der Waals surface area contributed by atoms with Gasteiger partial charge >= 0.3 is 12.0 Å². The van der Waals surface area contributed by atoms with Gasteiger partial charge < -0.3 is 19.5 Å². The van der Waals surface area contributed by atoms with E-state index < -0.39 is 5.60 Å².